The first-order valence-electron chi connectivity index (χ1n) is 5.87. The number of β-amino-alcohol motifs (C(OH)–C–C–N with tert-alkyl or cyclic N) is 1. The highest BCUT2D eigenvalue weighted by Crippen LogP contribution is 2.27. The van der Waals surface area contributed by atoms with E-state index in [1.807, 2.05) is 6.07 Å². The van der Waals surface area contributed by atoms with E-state index in [0.29, 0.717) is 23.6 Å². The van der Waals surface area contributed by atoms with Gasteiger partial charge in [-0.1, -0.05) is 0 Å². The van der Waals surface area contributed by atoms with Crippen LogP contribution in [0.4, 0.5) is 0 Å². The van der Waals surface area contributed by atoms with Crippen LogP contribution >= 0.6 is 0 Å². The molecule has 19 heavy (non-hydrogen) atoms. The number of aryl methyl sites for hydroxylation is 1. The van der Waals surface area contributed by atoms with Crippen LogP contribution in [-0.4, -0.2) is 49.4 Å². The van der Waals surface area contributed by atoms with Gasteiger partial charge in [-0.15, -0.1) is 4.31 Å². The van der Waals surface area contributed by atoms with E-state index >= 15 is 0 Å². The normalized spacial score (nSPS) is 25.2. The summed E-state index contributed by atoms with van der Waals surface area (Å²) in [4.78, 5) is 4.58. The minimum Gasteiger partial charge on any atom is -0.593 e. The zero-order chi connectivity index (χ0) is 14.0. The van der Waals surface area contributed by atoms with Crippen LogP contribution in [0, 0.1) is 18.3 Å². The number of aliphatic hydroxyl groups excluding tert-OH is 1. The minimum absolute atomic E-state index is 0.162. The van der Waals surface area contributed by atoms with Crippen molar-refractivity contribution in [2.24, 2.45) is 0 Å². The molecule has 1 fully saturated rings. The Balaban J connectivity index is 2.17. The van der Waals surface area contributed by atoms with Crippen LogP contribution in [0.1, 0.15) is 17.8 Å². The molecule has 0 radical (unpaired) electrons. The van der Waals surface area contributed by atoms with Gasteiger partial charge in [0.25, 0.3) is 0 Å². The molecule has 2 unspecified atom stereocenters. The molecule has 0 aliphatic carbocycles. The Morgan fingerprint density at radius 1 is 1.63 bits per heavy atom. The summed E-state index contributed by atoms with van der Waals surface area (Å²) in [6, 6.07) is 5.07. The summed E-state index contributed by atoms with van der Waals surface area (Å²) >= 11 is -1.44. The molecule has 6 nitrogen and oxygen atoms in total. The van der Waals surface area contributed by atoms with E-state index in [4.69, 9.17) is 10.4 Å². The fraction of sp³-hybridized carbons (Fsp3) is 0.500. The molecule has 1 aliphatic rings. The van der Waals surface area contributed by atoms with Crippen LogP contribution in [-0.2, 0) is 11.4 Å². The number of hydrogen-bond donors (Lipinski definition) is 2. The van der Waals surface area contributed by atoms with Gasteiger partial charge in [-0.05, 0) is 19.4 Å². The number of nitrogens with zero attached hydrogens (tertiary/aromatic N) is 3. The SMILES string of the molecule is Cc1nc(C#N)ccc1[S+]([O-])N1CCC(O)(CO)C1. The zero-order valence-electron chi connectivity index (χ0n) is 10.5. The number of aromatic nitrogens is 1. The van der Waals surface area contributed by atoms with Gasteiger partial charge in [-0.3, -0.25) is 0 Å². The van der Waals surface area contributed by atoms with Crippen molar-refractivity contribution in [1.82, 2.24) is 9.29 Å². The van der Waals surface area contributed by atoms with Crippen molar-refractivity contribution in [2.45, 2.75) is 23.8 Å². The average molecular weight is 281 g/mol. The van der Waals surface area contributed by atoms with Gasteiger partial charge in [0.05, 0.1) is 30.2 Å². The largest absolute Gasteiger partial charge is 0.593 e. The second-order valence-electron chi connectivity index (χ2n) is 4.64. The molecule has 0 saturated carbocycles. The molecule has 1 aromatic heterocycles. The molecular weight excluding hydrogens is 266 g/mol. The maximum Gasteiger partial charge on any atom is 0.195 e. The average Bonchev–Trinajstić information content (AvgIpc) is 2.81. The molecule has 1 aromatic rings. The van der Waals surface area contributed by atoms with Crippen LogP contribution in [0.2, 0.25) is 0 Å². The lowest BCUT2D eigenvalue weighted by atomic mass is 10.1. The van der Waals surface area contributed by atoms with Crippen molar-refractivity contribution in [3.63, 3.8) is 0 Å². The molecule has 0 spiro atoms. The van der Waals surface area contributed by atoms with Gasteiger partial charge in [-0.25, -0.2) is 4.98 Å². The standard InChI is InChI=1S/C12H15N3O3S/c1-9-11(3-2-10(6-13)14-9)19(18)15-5-4-12(17,7-15)8-16/h2-3,16-17H,4-5,7-8H2,1H3. The van der Waals surface area contributed by atoms with Gasteiger partial charge in [0.1, 0.15) is 17.4 Å². The first-order valence-corrected chi connectivity index (χ1v) is 6.97. The Morgan fingerprint density at radius 3 is 2.89 bits per heavy atom. The van der Waals surface area contributed by atoms with Crippen LogP contribution in [0.15, 0.2) is 17.0 Å². The quantitative estimate of drug-likeness (QED) is 0.738. The first-order chi connectivity index (χ1) is 8.99. The molecule has 2 rings (SSSR count). The predicted octanol–water partition coefficient (Wildman–Crippen LogP) is -0.287. The van der Waals surface area contributed by atoms with Crippen molar-refractivity contribution in [1.29, 1.82) is 5.26 Å². The topological polar surface area (TPSA) is 103 Å². The summed E-state index contributed by atoms with van der Waals surface area (Å²) in [5.74, 6) is 0. The fourth-order valence-corrected chi connectivity index (χ4v) is 3.40. The lowest BCUT2D eigenvalue weighted by Crippen LogP contribution is -2.39. The van der Waals surface area contributed by atoms with Gasteiger partial charge in [-0.2, -0.15) is 5.26 Å². The Hall–Kier alpha value is -1.17. The number of nitriles is 1. The van der Waals surface area contributed by atoms with Gasteiger partial charge in [0.2, 0.25) is 0 Å². The summed E-state index contributed by atoms with van der Waals surface area (Å²) in [6.45, 7) is 1.96. The van der Waals surface area contributed by atoms with E-state index in [9.17, 15) is 9.66 Å². The maximum absolute atomic E-state index is 12.4. The first kappa shape index (κ1) is 14.2. The van der Waals surface area contributed by atoms with Crippen molar-refractivity contribution < 1.29 is 14.8 Å². The highest BCUT2D eigenvalue weighted by Gasteiger charge is 2.42. The third-order valence-corrected chi connectivity index (χ3v) is 4.75. The molecule has 0 amide bonds. The predicted molar refractivity (Wildman–Crippen MR) is 68.3 cm³/mol. The fourth-order valence-electron chi connectivity index (χ4n) is 2.02. The van der Waals surface area contributed by atoms with Gasteiger partial charge >= 0.3 is 0 Å². The Morgan fingerprint density at radius 2 is 2.37 bits per heavy atom. The molecular formula is C12H15N3O3S. The van der Waals surface area contributed by atoms with Crippen LogP contribution in [0.5, 0.6) is 0 Å². The van der Waals surface area contributed by atoms with Crippen molar-refractivity contribution in [2.75, 3.05) is 19.7 Å². The molecule has 2 atom stereocenters. The Kier molecular flexibility index (Phi) is 4.08. The summed E-state index contributed by atoms with van der Waals surface area (Å²) in [5, 5.41) is 27.8. The van der Waals surface area contributed by atoms with Crippen LogP contribution in [0.25, 0.3) is 0 Å². The molecule has 1 saturated heterocycles. The van der Waals surface area contributed by atoms with Crippen LogP contribution < -0.4 is 0 Å². The summed E-state index contributed by atoms with van der Waals surface area (Å²) in [6.07, 6.45) is 0.387. The Bertz CT molecular complexity index is 519. The molecule has 102 valence electrons. The summed E-state index contributed by atoms with van der Waals surface area (Å²) in [5.41, 5.74) is -0.354. The van der Waals surface area contributed by atoms with Gasteiger partial charge in [0.15, 0.2) is 4.90 Å². The molecule has 7 heteroatoms. The minimum atomic E-state index is -1.44. The van der Waals surface area contributed by atoms with Crippen molar-refractivity contribution >= 4 is 11.4 Å². The molecule has 2 heterocycles. The Labute approximate surface area is 114 Å². The molecule has 0 bridgehead atoms. The van der Waals surface area contributed by atoms with E-state index in [0.717, 1.165) is 0 Å². The third kappa shape index (κ3) is 2.88. The second-order valence-corrected chi connectivity index (χ2v) is 6.09. The smallest absolute Gasteiger partial charge is 0.195 e. The lowest BCUT2D eigenvalue weighted by molar-refractivity contribution is -0.000730. The maximum atomic E-state index is 12.4. The highest BCUT2D eigenvalue weighted by molar-refractivity contribution is 7.89. The lowest BCUT2D eigenvalue weighted by Gasteiger charge is -2.22. The molecule has 2 N–H and O–H groups in total. The number of aliphatic hydroxyl groups is 2. The summed E-state index contributed by atoms with van der Waals surface area (Å²) in [7, 11) is 0. The van der Waals surface area contributed by atoms with E-state index in [1.54, 1.807) is 17.3 Å². The van der Waals surface area contributed by atoms with E-state index < -0.39 is 17.0 Å². The monoisotopic (exact) mass is 281 g/mol. The number of hydrogen-bond acceptors (Lipinski definition) is 6. The molecule has 1 aliphatic heterocycles. The van der Waals surface area contributed by atoms with Gasteiger partial charge in [0, 0.05) is 12.6 Å². The van der Waals surface area contributed by atoms with E-state index in [1.165, 1.54) is 6.07 Å². The third-order valence-electron chi connectivity index (χ3n) is 3.17. The number of pyridine rings is 1. The number of rotatable bonds is 3. The van der Waals surface area contributed by atoms with Crippen LogP contribution in [0.3, 0.4) is 0 Å². The summed E-state index contributed by atoms with van der Waals surface area (Å²) < 4.78 is 14.0. The zero-order valence-corrected chi connectivity index (χ0v) is 11.4. The highest BCUT2D eigenvalue weighted by atomic mass is 32.2. The van der Waals surface area contributed by atoms with Crippen molar-refractivity contribution in [3.8, 4) is 6.07 Å². The molecule has 0 aromatic carbocycles. The van der Waals surface area contributed by atoms with Crippen molar-refractivity contribution in [3.05, 3.63) is 23.5 Å². The van der Waals surface area contributed by atoms with Gasteiger partial charge < -0.3 is 14.8 Å². The second kappa shape index (κ2) is 5.45. The van der Waals surface area contributed by atoms with E-state index in [-0.39, 0.29) is 18.8 Å². The van der Waals surface area contributed by atoms with E-state index in [2.05, 4.69) is 4.98 Å².